The van der Waals surface area contributed by atoms with Crippen LogP contribution in [0.4, 0.5) is 4.79 Å². The molecule has 0 aliphatic heterocycles. The zero-order chi connectivity index (χ0) is 14.1. The number of amides is 1. The number of aliphatic hydroxyl groups excluding tert-OH is 3. The summed E-state index contributed by atoms with van der Waals surface area (Å²) in [6.07, 6.45) is -3.74. The molecule has 1 aliphatic carbocycles. The highest BCUT2D eigenvalue weighted by atomic mass is 16.6. The van der Waals surface area contributed by atoms with Gasteiger partial charge in [0.25, 0.3) is 0 Å². The van der Waals surface area contributed by atoms with E-state index in [1.54, 1.807) is 0 Å². The van der Waals surface area contributed by atoms with Gasteiger partial charge in [0.2, 0.25) is 0 Å². The number of aliphatic hydroxyl groups is 3. The second kappa shape index (κ2) is 5.42. The third-order valence-electron chi connectivity index (χ3n) is 3.72. The van der Waals surface area contributed by atoms with Crippen LogP contribution in [-0.4, -0.2) is 46.3 Å². The standard InChI is InChI=1S/C12H23NO5/c1-12(2,3)7-4-6(5-14)8(15)10(9(7)16)18-11(13)17/h6-10,14-16H,4-5H2,1-3H3,(H2,13,17)/t6-,7?,8+,9+,10-/m0/s1. The molecule has 1 unspecified atom stereocenters. The van der Waals surface area contributed by atoms with Crippen LogP contribution in [0, 0.1) is 17.3 Å². The van der Waals surface area contributed by atoms with E-state index in [0.29, 0.717) is 6.42 Å². The molecule has 0 radical (unpaired) electrons. The smallest absolute Gasteiger partial charge is 0.404 e. The molecule has 6 heteroatoms. The monoisotopic (exact) mass is 261 g/mol. The Hall–Kier alpha value is -0.850. The van der Waals surface area contributed by atoms with Gasteiger partial charge < -0.3 is 25.8 Å². The van der Waals surface area contributed by atoms with E-state index in [-0.39, 0.29) is 17.9 Å². The van der Waals surface area contributed by atoms with Crippen LogP contribution in [0.5, 0.6) is 0 Å². The normalized spacial score (nSPS) is 37.3. The summed E-state index contributed by atoms with van der Waals surface area (Å²) in [5, 5.41) is 29.5. The molecule has 0 heterocycles. The van der Waals surface area contributed by atoms with Crippen LogP contribution in [0.15, 0.2) is 0 Å². The van der Waals surface area contributed by atoms with E-state index in [1.807, 2.05) is 20.8 Å². The maximum Gasteiger partial charge on any atom is 0.404 e. The van der Waals surface area contributed by atoms with Crippen LogP contribution in [0.25, 0.3) is 0 Å². The van der Waals surface area contributed by atoms with Crippen molar-refractivity contribution in [2.45, 2.75) is 45.5 Å². The van der Waals surface area contributed by atoms with Crippen molar-refractivity contribution in [1.82, 2.24) is 0 Å². The Morgan fingerprint density at radius 1 is 1.33 bits per heavy atom. The van der Waals surface area contributed by atoms with Gasteiger partial charge in [-0.25, -0.2) is 4.79 Å². The van der Waals surface area contributed by atoms with Gasteiger partial charge in [-0.3, -0.25) is 0 Å². The number of hydrogen-bond donors (Lipinski definition) is 4. The average molecular weight is 261 g/mol. The fourth-order valence-corrected chi connectivity index (χ4v) is 2.63. The van der Waals surface area contributed by atoms with E-state index >= 15 is 0 Å². The fourth-order valence-electron chi connectivity index (χ4n) is 2.63. The molecule has 1 fully saturated rings. The third-order valence-corrected chi connectivity index (χ3v) is 3.72. The minimum absolute atomic E-state index is 0.192. The Balaban J connectivity index is 2.95. The molecule has 0 aromatic carbocycles. The highest BCUT2D eigenvalue weighted by Crippen LogP contribution is 2.41. The van der Waals surface area contributed by atoms with E-state index in [4.69, 9.17) is 10.5 Å². The number of hydrogen-bond acceptors (Lipinski definition) is 5. The lowest BCUT2D eigenvalue weighted by Gasteiger charge is -2.46. The van der Waals surface area contributed by atoms with Crippen molar-refractivity contribution in [2.24, 2.45) is 23.0 Å². The molecule has 1 saturated carbocycles. The van der Waals surface area contributed by atoms with Crippen molar-refractivity contribution in [2.75, 3.05) is 6.61 Å². The number of primary amides is 1. The van der Waals surface area contributed by atoms with E-state index in [0.717, 1.165) is 0 Å². The summed E-state index contributed by atoms with van der Waals surface area (Å²) in [6.45, 7) is 5.64. The van der Waals surface area contributed by atoms with Gasteiger partial charge in [0.05, 0.1) is 12.2 Å². The first-order valence-corrected chi connectivity index (χ1v) is 6.11. The van der Waals surface area contributed by atoms with E-state index in [1.165, 1.54) is 0 Å². The van der Waals surface area contributed by atoms with Gasteiger partial charge >= 0.3 is 6.09 Å². The van der Waals surface area contributed by atoms with Crippen molar-refractivity contribution in [3.8, 4) is 0 Å². The first kappa shape index (κ1) is 15.2. The van der Waals surface area contributed by atoms with Crippen LogP contribution < -0.4 is 5.73 Å². The first-order valence-electron chi connectivity index (χ1n) is 6.11. The SMILES string of the molecule is CC(C)(C)C1C[C@@H](CO)[C@@H](O)[C@H](OC(N)=O)[C@@H]1O. The summed E-state index contributed by atoms with van der Waals surface area (Å²) in [5.41, 5.74) is 4.71. The van der Waals surface area contributed by atoms with Gasteiger partial charge in [0.1, 0.15) is 0 Å². The zero-order valence-corrected chi connectivity index (χ0v) is 11.0. The highest BCUT2D eigenvalue weighted by molar-refractivity contribution is 5.65. The van der Waals surface area contributed by atoms with Crippen LogP contribution in [0.2, 0.25) is 0 Å². The molecule has 1 amide bonds. The molecule has 1 rings (SSSR count). The average Bonchev–Trinajstić information content (AvgIpc) is 2.22. The van der Waals surface area contributed by atoms with Crippen molar-refractivity contribution in [1.29, 1.82) is 0 Å². The Labute approximate surface area is 107 Å². The molecule has 0 spiro atoms. The summed E-state index contributed by atoms with van der Waals surface area (Å²) < 4.78 is 4.80. The molecule has 0 aromatic heterocycles. The summed E-state index contributed by atoms with van der Waals surface area (Å²) in [5.74, 6) is -0.621. The molecule has 106 valence electrons. The number of carbonyl (C=O) groups is 1. The Bertz CT molecular complexity index is 301. The Morgan fingerprint density at radius 3 is 2.28 bits per heavy atom. The topological polar surface area (TPSA) is 113 Å². The summed E-state index contributed by atoms with van der Waals surface area (Å²) in [6, 6.07) is 0. The molecule has 0 bridgehead atoms. The van der Waals surface area contributed by atoms with Crippen LogP contribution in [-0.2, 0) is 4.74 Å². The van der Waals surface area contributed by atoms with E-state index < -0.39 is 30.3 Å². The summed E-state index contributed by atoms with van der Waals surface area (Å²) in [7, 11) is 0. The van der Waals surface area contributed by atoms with Crippen molar-refractivity contribution in [3.05, 3.63) is 0 Å². The third kappa shape index (κ3) is 3.13. The molecule has 5 N–H and O–H groups in total. The number of nitrogens with two attached hydrogens (primary N) is 1. The molecule has 0 aromatic rings. The van der Waals surface area contributed by atoms with E-state index in [2.05, 4.69) is 0 Å². The quantitative estimate of drug-likeness (QED) is 0.552. The molecule has 6 nitrogen and oxygen atoms in total. The van der Waals surface area contributed by atoms with E-state index in [9.17, 15) is 20.1 Å². The summed E-state index contributed by atoms with van der Waals surface area (Å²) in [4.78, 5) is 10.8. The lowest BCUT2D eigenvalue weighted by Crippen LogP contribution is -2.57. The van der Waals surface area contributed by atoms with Gasteiger partial charge in [-0.05, 0) is 17.8 Å². The minimum atomic E-state index is -1.10. The van der Waals surface area contributed by atoms with Gasteiger partial charge in [0.15, 0.2) is 6.10 Å². The number of ether oxygens (including phenoxy) is 1. The first-order chi connectivity index (χ1) is 8.18. The van der Waals surface area contributed by atoms with Crippen molar-refractivity contribution >= 4 is 6.09 Å². The maximum absolute atomic E-state index is 10.8. The van der Waals surface area contributed by atoms with Crippen LogP contribution in [0.1, 0.15) is 27.2 Å². The van der Waals surface area contributed by atoms with Gasteiger partial charge in [-0.1, -0.05) is 20.8 Å². The molecular formula is C12H23NO5. The fraction of sp³-hybridized carbons (Fsp3) is 0.917. The second-order valence-electron chi connectivity index (χ2n) is 6.03. The van der Waals surface area contributed by atoms with Crippen LogP contribution in [0.3, 0.4) is 0 Å². The number of carbonyl (C=O) groups excluding carboxylic acids is 1. The molecular weight excluding hydrogens is 238 g/mol. The minimum Gasteiger partial charge on any atom is -0.441 e. The summed E-state index contributed by atoms with van der Waals surface area (Å²) >= 11 is 0. The molecule has 18 heavy (non-hydrogen) atoms. The van der Waals surface area contributed by atoms with Gasteiger partial charge in [-0.15, -0.1) is 0 Å². The predicted molar refractivity (Wildman–Crippen MR) is 64.6 cm³/mol. The second-order valence-corrected chi connectivity index (χ2v) is 6.03. The van der Waals surface area contributed by atoms with Crippen molar-refractivity contribution < 1.29 is 24.9 Å². The van der Waals surface area contributed by atoms with Crippen LogP contribution >= 0.6 is 0 Å². The van der Waals surface area contributed by atoms with Crippen molar-refractivity contribution in [3.63, 3.8) is 0 Å². The lowest BCUT2D eigenvalue weighted by atomic mass is 9.65. The predicted octanol–water partition coefficient (Wildman–Crippen LogP) is -0.153. The Kier molecular flexibility index (Phi) is 4.58. The largest absolute Gasteiger partial charge is 0.441 e. The zero-order valence-electron chi connectivity index (χ0n) is 11.0. The Morgan fingerprint density at radius 2 is 1.89 bits per heavy atom. The maximum atomic E-state index is 10.8. The lowest BCUT2D eigenvalue weighted by molar-refractivity contribution is -0.159. The van der Waals surface area contributed by atoms with Gasteiger partial charge in [-0.2, -0.15) is 0 Å². The van der Waals surface area contributed by atoms with Gasteiger partial charge in [0, 0.05) is 12.5 Å². The highest BCUT2D eigenvalue weighted by Gasteiger charge is 2.48. The molecule has 1 aliphatic rings. The molecule has 5 atom stereocenters. The number of rotatable bonds is 2. The molecule has 0 saturated heterocycles.